The number of alkyl halides is 3. The van der Waals surface area contributed by atoms with Gasteiger partial charge in [0.25, 0.3) is 0 Å². The van der Waals surface area contributed by atoms with Crippen LogP contribution in [-0.2, 0) is 0 Å². The Kier molecular flexibility index (Phi) is 3.90. The van der Waals surface area contributed by atoms with Crippen molar-refractivity contribution in [2.45, 2.75) is 12.6 Å². The highest BCUT2D eigenvalue weighted by Crippen LogP contribution is 2.25. The van der Waals surface area contributed by atoms with E-state index in [9.17, 15) is 13.2 Å². The van der Waals surface area contributed by atoms with Gasteiger partial charge in [-0.3, -0.25) is 4.98 Å². The number of fused-ring (bicyclic) bond motifs is 2. The van der Waals surface area contributed by atoms with Crippen molar-refractivity contribution in [2.24, 2.45) is 0 Å². The Balaban J connectivity index is 1.62. The second kappa shape index (κ2) is 6.25. The number of pyridine rings is 2. The summed E-state index contributed by atoms with van der Waals surface area (Å²) in [5.74, 6) is 0.138. The van der Waals surface area contributed by atoms with E-state index in [1.807, 2.05) is 30.3 Å². The molecule has 0 bridgehead atoms. The van der Waals surface area contributed by atoms with Crippen LogP contribution in [0.15, 0.2) is 48.9 Å². The van der Waals surface area contributed by atoms with Crippen molar-refractivity contribution < 1.29 is 13.2 Å². The minimum absolute atomic E-state index is 0.138. The second-order valence-electron chi connectivity index (χ2n) is 5.67. The summed E-state index contributed by atoms with van der Waals surface area (Å²) in [5.41, 5.74) is 3.86. The third kappa shape index (κ3) is 3.28. The lowest BCUT2D eigenvalue weighted by Gasteiger charge is -2.08. The molecular weight excluding hydrogens is 345 g/mol. The first kappa shape index (κ1) is 16.2. The zero-order valence-electron chi connectivity index (χ0n) is 13.4. The van der Waals surface area contributed by atoms with E-state index in [0.29, 0.717) is 5.52 Å². The highest BCUT2D eigenvalue weighted by Gasteiger charge is 2.26. The van der Waals surface area contributed by atoms with Gasteiger partial charge in [-0.15, -0.1) is 5.10 Å². The van der Waals surface area contributed by atoms with Crippen LogP contribution < -0.4 is 5.32 Å². The third-order valence-corrected chi connectivity index (χ3v) is 3.84. The first-order chi connectivity index (χ1) is 12.5. The average Bonchev–Trinajstić information content (AvgIpc) is 3.03. The number of rotatable bonds is 4. The van der Waals surface area contributed by atoms with Crippen molar-refractivity contribution in [3.8, 4) is 11.3 Å². The van der Waals surface area contributed by atoms with Gasteiger partial charge in [0.2, 0.25) is 5.95 Å². The van der Waals surface area contributed by atoms with Crippen LogP contribution in [0.1, 0.15) is 6.42 Å². The van der Waals surface area contributed by atoms with E-state index in [4.69, 9.17) is 0 Å². The molecule has 4 rings (SSSR count). The summed E-state index contributed by atoms with van der Waals surface area (Å²) in [6.07, 6.45) is -0.170. The molecule has 0 saturated heterocycles. The van der Waals surface area contributed by atoms with Crippen molar-refractivity contribution >= 4 is 22.5 Å². The maximum atomic E-state index is 12.2. The van der Waals surface area contributed by atoms with Crippen molar-refractivity contribution in [1.82, 2.24) is 24.6 Å². The molecule has 0 unspecified atom stereocenters. The van der Waals surface area contributed by atoms with E-state index in [2.05, 4.69) is 25.4 Å². The lowest BCUT2D eigenvalue weighted by molar-refractivity contribution is -0.131. The topological polar surface area (TPSA) is 68.0 Å². The van der Waals surface area contributed by atoms with Crippen LogP contribution in [0.4, 0.5) is 19.1 Å². The van der Waals surface area contributed by atoms with E-state index < -0.39 is 12.6 Å². The highest BCUT2D eigenvalue weighted by molar-refractivity contribution is 5.83. The van der Waals surface area contributed by atoms with Crippen molar-refractivity contribution in [3.63, 3.8) is 0 Å². The van der Waals surface area contributed by atoms with Crippen molar-refractivity contribution in [2.75, 3.05) is 11.9 Å². The summed E-state index contributed by atoms with van der Waals surface area (Å²) in [4.78, 5) is 12.9. The number of nitrogens with one attached hydrogen (secondary N) is 1. The summed E-state index contributed by atoms with van der Waals surface area (Å²) in [6, 6.07) is 9.28. The monoisotopic (exact) mass is 358 g/mol. The number of anilines is 1. The molecule has 0 fully saturated rings. The number of hydrogen-bond donors (Lipinski definition) is 1. The fourth-order valence-electron chi connectivity index (χ4n) is 2.62. The molecule has 0 atom stereocenters. The fourth-order valence-corrected chi connectivity index (χ4v) is 2.62. The summed E-state index contributed by atoms with van der Waals surface area (Å²) >= 11 is 0. The Morgan fingerprint density at radius 3 is 2.77 bits per heavy atom. The first-order valence-electron chi connectivity index (χ1n) is 7.87. The van der Waals surface area contributed by atoms with Gasteiger partial charge in [0.05, 0.1) is 34.9 Å². The molecule has 4 aromatic heterocycles. The normalized spacial score (nSPS) is 12.0. The van der Waals surface area contributed by atoms with Gasteiger partial charge >= 0.3 is 6.18 Å². The minimum atomic E-state index is -4.21. The zero-order valence-corrected chi connectivity index (χ0v) is 13.4. The predicted molar refractivity (Wildman–Crippen MR) is 90.7 cm³/mol. The zero-order chi connectivity index (χ0) is 18.1. The largest absolute Gasteiger partial charge is 0.390 e. The molecule has 9 heteroatoms. The molecule has 4 heterocycles. The fraction of sp³-hybridized carbons (Fsp3) is 0.176. The van der Waals surface area contributed by atoms with Crippen LogP contribution in [0.3, 0.4) is 0 Å². The van der Waals surface area contributed by atoms with Crippen LogP contribution in [-0.4, -0.2) is 37.3 Å². The van der Waals surface area contributed by atoms with E-state index in [1.54, 1.807) is 23.1 Å². The van der Waals surface area contributed by atoms with Gasteiger partial charge in [0.1, 0.15) is 0 Å². The smallest absolute Gasteiger partial charge is 0.353 e. The molecule has 0 aliphatic carbocycles. The molecule has 4 aromatic rings. The van der Waals surface area contributed by atoms with Gasteiger partial charge in [-0.2, -0.15) is 13.2 Å². The van der Waals surface area contributed by atoms with Gasteiger partial charge in [-0.25, -0.2) is 14.5 Å². The van der Waals surface area contributed by atoms with Crippen LogP contribution in [0.2, 0.25) is 0 Å². The number of nitrogens with zero attached hydrogens (tertiary/aromatic N) is 5. The lowest BCUT2D eigenvalue weighted by Crippen LogP contribution is -2.16. The van der Waals surface area contributed by atoms with E-state index in [1.165, 1.54) is 0 Å². The number of hydrogen-bond acceptors (Lipinski definition) is 5. The molecule has 132 valence electrons. The molecule has 0 radical (unpaired) electrons. The van der Waals surface area contributed by atoms with Crippen LogP contribution >= 0.6 is 0 Å². The average molecular weight is 358 g/mol. The van der Waals surface area contributed by atoms with Gasteiger partial charge in [0, 0.05) is 24.5 Å². The SMILES string of the molecule is FC(F)(F)CCNc1ncc2c(-c3ccc4ncccc4n3)ccn2n1. The summed E-state index contributed by atoms with van der Waals surface area (Å²) in [6.45, 7) is -0.275. The third-order valence-electron chi connectivity index (χ3n) is 3.84. The molecule has 0 amide bonds. The summed E-state index contributed by atoms with van der Waals surface area (Å²) in [5, 5.41) is 6.77. The molecule has 0 aromatic carbocycles. The van der Waals surface area contributed by atoms with Crippen molar-refractivity contribution in [1.29, 1.82) is 0 Å². The van der Waals surface area contributed by atoms with E-state index >= 15 is 0 Å². The second-order valence-corrected chi connectivity index (χ2v) is 5.67. The van der Waals surface area contributed by atoms with Crippen LogP contribution in [0, 0.1) is 0 Å². The molecule has 1 N–H and O–H groups in total. The standard InChI is InChI=1S/C17H13F3N6/c18-17(19,20)6-8-22-16-23-10-15-11(5-9-26(15)25-16)12-3-4-13-14(24-12)2-1-7-21-13/h1-5,7,9-10H,6,8H2,(H,22,25). The molecule has 0 aliphatic rings. The first-order valence-corrected chi connectivity index (χ1v) is 7.87. The summed E-state index contributed by atoms with van der Waals surface area (Å²) < 4.78 is 38.2. The Bertz CT molecular complexity index is 1070. The molecule has 0 saturated carbocycles. The number of aromatic nitrogens is 5. The molecule has 0 aliphatic heterocycles. The molecule has 26 heavy (non-hydrogen) atoms. The van der Waals surface area contributed by atoms with E-state index in [0.717, 1.165) is 22.3 Å². The maximum Gasteiger partial charge on any atom is 0.390 e. The highest BCUT2D eigenvalue weighted by atomic mass is 19.4. The Labute approximate surface area is 145 Å². The van der Waals surface area contributed by atoms with Crippen molar-refractivity contribution in [3.05, 3.63) is 48.9 Å². The van der Waals surface area contributed by atoms with Crippen LogP contribution in [0.25, 0.3) is 27.8 Å². The maximum absolute atomic E-state index is 12.2. The Morgan fingerprint density at radius 2 is 1.92 bits per heavy atom. The predicted octanol–water partition coefficient (Wildman–Crippen LogP) is 3.70. The van der Waals surface area contributed by atoms with Gasteiger partial charge in [-0.1, -0.05) is 0 Å². The molecule has 0 spiro atoms. The Hall–Kier alpha value is -3.23. The minimum Gasteiger partial charge on any atom is -0.353 e. The van der Waals surface area contributed by atoms with Gasteiger partial charge < -0.3 is 5.32 Å². The van der Waals surface area contributed by atoms with Gasteiger partial charge in [-0.05, 0) is 30.3 Å². The van der Waals surface area contributed by atoms with Gasteiger partial charge in [0.15, 0.2) is 0 Å². The lowest BCUT2D eigenvalue weighted by atomic mass is 10.1. The molecular formula is C17H13F3N6. The summed E-state index contributed by atoms with van der Waals surface area (Å²) in [7, 11) is 0. The quantitative estimate of drug-likeness (QED) is 0.602. The molecule has 6 nitrogen and oxygen atoms in total. The number of halogens is 3. The van der Waals surface area contributed by atoms with E-state index in [-0.39, 0.29) is 12.5 Å². The Morgan fingerprint density at radius 1 is 1.04 bits per heavy atom. The van der Waals surface area contributed by atoms with Crippen LogP contribution in [0.5, 0.6) is 0 Å².